The molecule has 0 spiro atoms. The number of benzene rings is 2. The Kier molecular flexibility index (Phi) is 6.50. The standard InChI is InChI=1S/C24H25FN2O4/c1-29-20-8-10-21(11-9-20)30-16-23(28)27-12-2-3-18(15-27)24-26-14-22(31-24)13-17-4-6-19(25)7-5-17/h4-11,14,18H,2-3,12-13,15-16H2,1H3/t18-/m1/s1. The van der Waals surface area contributed by atoms with Gasteiger partial charge in [-0.05, 0) is 54.8 Å². The first-order chi connectivity index (χ1) is 15.1. The van der Waals surface area contributed by atoms with E-state index in [9.17, 15) is 9.18 Å². The van der Waals surface area contributed by atoms with Crippen LogP contribution < -0.4 is 9.47 Å². The molecule has 3 aromatic rings. The van der Waals surface area contributed by atoms with E-state index in [1.54, 1.807) is 49.7 Å². The van der Waals surface area contributed by atoms with E-state index in [1.165, 1.54) is 12.1 Å². The van der Waals surface area contributed by atoms with E-state index in [4.69, 9.17) is 13.9 Å². The second-order valence-corrected chi connectivity index (χ2v) is 7.61. The maximum Gasteiger partial charge on any atom is 0.260 e. The molecule has 1 aromatic heterocycles. The van der Waals surface area contributed by atoms with Crippen LogP contribution in [0.15, 0.2) is 59.1 Å². The van der Waals surface area contributed by atoms with Gasteiger partial charge in [0, 0.05) is 19.5 Å². The molecule has 4 rings (SSSR count). The second-order valence-electron chi connectivity index (χ2n) is 7.61. The number of rotatable bonds is 7. The lowest BCUT2D eigenvalue weighted by Crippen LogP contribution is -2.41. The van der Waals surface area contributed by atoms with Crippen LogP contribution in [-0.2, 0) is 11.2 Å². The topological polar surface area (TPSA) is 64.8 Å². The normalized spacial score (nSPS) is 16.2. The minimum atomic E-state index is -0.259. The Morgan fingerprint density at radius 2 is 1.90 bits per heavy atom. The molecular formula is C24H25FN2O4. The van der Waals surface area contributed by atoms with Gasteiger partial charge < -0.3 is 18.8 Å². The molecule has 1 aliphatic rings. The fourth-order valence-corrected chi connectivity index (χ4v) is 3.71. The van der Waals surface area contributed by atoms with Gasteiger partial charge in [-0.3, -0.25) is 4.79 Å². The smallest absolute Gasteiger partial charge is 0.260 e. The lowest BCUT2D eigenvalue weighted by molar-refractivity contribution is -0.134. The summed E-state index contributed by atoms with van der Waals surface area (Å²) in [7, 11) is 1.60. The Morgan fingerprint density at radius 3 is 2.65 bits per heavy atom. The van der Waals surface area contributed by atoms with Crippen LogP contribution in [0.3, 0.4) is 0 Å². The zero-order valence-corrected chi connectivity index (χ0v) is 17.4. The molecule has 2 aromatic carbocycles. The first-order valence-electron chi connectivity index (χ1n) is 10.3. The molecule has 1 atom stereocenters. The maximum atomic E-state index is 13.1. The van der Waals surface area contributed by atoms with Crippen molar-refractivity contribution in [2.75, 3.05) is 26.8 Å². The molecule has 1 saturated heterocycles. The number of carbonyl (C=O) groups is 1. The first-order valence-corrected chi connectivity index (χ1v) is 10.3. The number of carbonyl (C=O) groups excluding carboxylic acids is 1. The van der Waals surface area contributed by atoms with Crippen molar-refractivity contribution in [1.29, 1.82) is 0 Å². The largest absolute Gasteiger partial charge is 0.497 e. The molecule has 0 bridgehead atoms. The van der Waals surface area contributed by atoms with Gasteiger partial charge in [-0.2, -0.15) is 0 Å². The Labute approximate surface area is 180 Å². The molecule has 0 radical (unpaired) electrons. The minimum absolute atomic E-state index is 0.0134. The van der Waals surface area contributed by atoms with Crippen LogP contribution in [0.25, 0.3) is 0 Å². The van der Waals surface area contributed by atoms with Crippen molar-refractivity contribution in [2.45, 2.75) is 25.2 Å². The van der Waals surface area contributed by atoms with Crippen LogP contribution >= 0.6 is 0 Å². The summed E-state index contributed by atoms with van der Waals surface area (Å²) in [6, 6.07) is 13.5. The van der Waals surface area contributed by atoms with Gasteiger partial charge in [0.05, 0.1) is 19.2 Å². The van der Waals surface area contributed by atoms with Gasteiger partial charge in [0.1, 0.15) is 23.1 Å². The summed E-state index contributed by atoms with van der Waals surface area (Å²) in [6.07, 6.45) is 4.07. The predicted molar refractivity (Wildman–Crippen MR) is 113 cm³/mol. The number of halogens is 1. The number of likely N-dealkylation sites (tertiary alicyclic amines) is 1. The van der Waals surface area contributed by atoms with E-state index in [2.05, 4.69) is 4.98 Å². The predicted octanol–water partition coefficient (Wildman–Crippen LogP) is 4.20. The third-order valence-corrected chi connectivity index (χ3v) is 5.41. The molecule has 0 aliphatic carbocycles. The summed E-state index contributed by atoms with van der Waals surface area (Å²) >= 11 is 0. The number of hydrogen-bond acceptors (Lipinski definition) is 5. The van der Waals surface area contributed by atoms with Crippen LogP contribution in [0, 0.1) is 5.82 Å². The average molecular weight is 424 g/mol. The number of piperidine rings is 1. The number of aromatic nitrogens is 1. The van der Waals surface area contributed by atoms with Gasteiger partial charge in [-0.1, -0.05) is 12.1 Å². The van der Waals surface area contributed by atoms with Crippen molar-refractivity contribution in [2.24, 2.45) is 0 Å². The molecule has 1 aliphatic heterocycles. The molecular weight excluding hydrogens is 399 g/mol. The lowest BCUT2D eigenvalue weighted by atomic mass is 9.98. The number of ether oxygens (including phenoxy) is 2. The zero-order chi connectivity index (χ0) is 21.6. The molecule has 0 unspecified atom stereocenters. The van der Waals surface area contributed by atoms with Gasteiger partial charge in [0.15, 0.2) is 12.5 Å². The van der Waals surface area contributed by atoms with Crippen LogP contribution in [-0.4, -0.2) is 42.6 Å². The summed E-state index contributed by atoms with van der Waals surface area (Å²) in [5.41, 5.74) is 0.959. The fraction of sp³-hybridized carbons (Fsp3) is 0.333. The zero-order valence-electron chi connectivity index (χ0n) is 17.4. The van der Waals surface area contributed by atoms with Crippen molar-refractivity contribution in [3.8, 4) is 11.5 Å². The Morgan fingerprint density at radius 1 is 1.16 bits per heavy atom. The number of hydrogen-bond donors (Lipinski definition) is 0. The number of amides is 1. The summed E-state index contributed by atoms with van der Waals surface area (Å²) in [4.78, 5) is 18.9. The highest BCUT2D eigenvalue weighted by Gasteiger charge is 2.28. The summed E-state index contributed by atoms with van der Waals surface area (Å²) in [5.74, 6) is 2.48. The van der Waals surface area contributed by atoms with E-state index in [-0.39, 0.29) is 24.2 Å². The maximum absolute atomic E-state index is 13.1. The quantitative estimate of drug-likeness (QED) is 0.569. The van der Waals surface area contributed by atoms with Gasteiger partial charge in [0.25, 0.3) is 5.91 Å². The molecule has 1 amide bonds. The molecule has 2 heterocycles. The lowest BCUT2D eigenvalue weighted by Gasteiger charge is -2.31. The number of methoxy groups -OCH3 is 1. The van der Waals surface area contributed by atoms with E-state index in [0.717, 1.165) is 29.9 Å². The van der Waals surface area contributed by atoms with Gasteiger partial charge in [-0.15, -0.1) is 0 Å². The van der Waals surface area contributed by atoms with Crippen molar-refractivity contribution in [3.63, 3.8) is 0 Å². The van der Waals surface area contributed by atoms with E-state index >= 15 is 0 Å². The molecule has 31 heavy (non-hydrogen) atoms. The van der Waals surface area contributed by atoms with E-state index in [0.29, 0.717) is 31.2 Å². The highest BCUT2D eigenvalue weighted by Crippen LogP contribution is 2.27. The van der Waals surface area contributed by atoms with Crippen molar-refractivity contribution >= 4 is 5.91 Å². The van der Waals surface area contributed by atoms with Crippen LogP contribution in [0.2, 0.25) is 0 Å². The molecule has 162 valence electrons. The monoisotopic (exact) mass is 424 g/mol. The van der Waals surface area contributed by atoms with Gasteiger partial charge in [-0.25, -0.2) is 9.37 Å². The third kappa shape index (κ3) is 5.42. The molecule has 0 saturated carbocycles. The molecule has 6 nitrogen and oxygen atoms in total. The minimum Gasteiger partial charge on any atom is -0.497 e. The SMILES string of the molecule is COc1ccc(OCC(=O)N2CCC[C@@H](c3ncc(Cc4ccc(F)cc4)o3)C2)cc1. The van der Waals surface area contributed by atoms with Crippen molar-refractivity contribution in [1.82, 2.24) is 9.88 Å². The van der Waals surface area contributed by atoms with E-state index in [1.807, 2.05) is 4.90 Å². The number of nitrogens with zero attached hydrogens (tertiary/aromatic N) is 2. The Bertz CT molecular complexity index is 1000. The van der Waals surface area contributed by atoms with Crippen molar-refractivity contribution in [3.05, 3.63) is 77.8 Å². The van der Waals surface area contributed by atoms with Crippen LogP contribution in [0.4, 0.5) is 4.39 Å². The number of oxazole rings is 1. The second kappa shape index (κ2) is 9.64. The molecule has 7 heteroatoms. The molecule has 1 fully saturated rings. The van der Waals surface area contributed by atoms with Crippen LogP contribution in [0.5, 0.6) is 11.5 Å². The van der Waals surface area contributed by atoms with Crippen LogP contribution in [0.1, 0.15) is 36.0 Å². The molecule has 0 N–H and O–H groups in total. The van der Waals surface area contributed by atoms with E-state index < -0.39 is 0 Å². The third-order valence-electron chi connectivity index (χ3n) is 5.41. The van der Waals surface area contributed by atoms with Gasteiger partial charge >= 0.3 is 0 Å². The first kappa shape index (κ1) is 20.9. The highest BCUT2D eigenvalue weighted by molar-refractivity contribution is 5.78. The average Bonchev–Trinajstić information content (AvgIpc) is 3.28. The van der Waals surface area contributed by atoms with Crippen molar-refractivity contribution < 1.29 is 23.1 Å². The highest BCUT2D eigenvalue weighted by atomic mass is 19.1. The summed E-state index contributed by atoms with van der Waals surface area (Å²) in [6.45, 7) is 1.24. The van der Waals surface area contributed by atoms with Gasteiger partial charge in [0.2, 0.25) is 0 Å². The summed E-state index contributed by atoms with van der Waals surface area (Å²) in [5, 5.41) is 0. The Hall–Kier alpha value is -3.35. The Balaban J connectivity index is 1.32. The summed E-state index contributed by atoms with van der Waals surface area (Å²) < 4.78 is 29.8. The fourth-order valence-electron chi connectivity index (χ4n) is 3.71.